The highest BCUT2D eigenvalue weighted by atomic mass is 16.5. The highest BCUT2D eigenvalue weighted by molar-refractivity contribution is 5.73. The van der Waals surface area contributed by atoms with Crippen LogP contribution in [0.2, 0.25) is 0 Å². The van der Waals surface area contributed by atoms with Gasteiger partial charge in [-0.2, -0.15) is 0 Å². The first-order chi connectivity index (χ1) is 9.67. The molecule has 0 heterocycles. The molecule has 0 saturated heterocycles. The molecule has 0 saturated carbocycles. The minimum atomic E-state index is -0.822. The SMILES string of the molecule is CCOCCC(C(=O)O)N(CCOCC)CCOCC. The van der Waals surface area contributed by atoms with Gasteiger partial charge in [0.2, 0.25) is 0 Å². The maximum Gasteiger partial charge on any atom is 0.321 e. The van der Waals surface area contributed by atoms with Crippen LogP contribution in [0.4, 0.5) is 0 Å². The molecule has 0 fully saturated rings. The first-order valence-corrected chi connectivity index (χ1v) is 7.37. The quantitative estimate of drug-likeness (QED) is 0.486. The van der Waals surface area contributed by atoms with E-state index in [4.69, 9.17) is 14.2 Å². The molecule has 0 aromatic rings. The molecular weight excluding hydrogens is 262 g/mol. The lowest BCUT2D eigenvalue weighted by Crippen LogP contribution is -2.45. The van der Waals surface area contributed by atoms with E-state index in [-0.39, 0.29) is 0 Å². The lowest BCUT2D eigenvalue weighted by Gasteiger charge is -2.28. The molecule has 0 amide bonds. The Bertz CT molecular complexity index is 228. The van der Waals surface area contributed by atoms with Crippen molar-refractivity contribution in [3.63, 3.8) is 0 Å². The third-order valence-electron chi connectivity index (χ3n) is 2.92. The summed E-state index contributed by atoms with van der Waals surface area (Å²) in [4.78, 5) is 13.3. The van der Waals surface area contributed by atoms with E-state index in [0.29, 0.717) is 59.2 Å². The smallest absolute Gasteiger partial charge is 0.321 e. The fourth-order valence-corrected chi connectivity index (χ4v) is 1.88. The minimum absolute atomic E-state index is 0.452. The van der Waals surface area contributed by atoms with Crippen molar-refractivity contribution >= 4 is 5.97 Å². The average molecular weight is 291 g/mol. The second-order valence-corrected chi connectivity index (χ2v) is 4.27. The monoisotopic (exact) mass is 291 g/mol. The van der Waals surface area contributed by atoms with Crippen LogP contribution in [0, 0.1) is 0 Å². The molecule has 0 spiro atoms. The van der Waals surface area contributed by atoms with Gasteiger partial charge in [0.1, 0.15) is 6.04 Å². The number of aliphatic carboxylic acids is 1. The molecule has 0 rings (SSSR count). The molecule has 1 atom stereocenters. The minimum Gasteiger partial charge on any atom is -0.480 e. The average Bonchev–Trinajstić information content (AvgIpc) is 2.42. The predicted molar refractivity (Wildman–Crippen MR) is 77.1 cm³/mol. The van der Waals surface area contributed by atoms with Crippen LogP contribution in [-0.4, -0.2) is 74.7 Å². The van der Waals surface area contributed by atoms with Crippen molar-refractivity contribution in [2.24, 2.45) is 0 Å². The first kappa shape index (κ1) is 19.3. The Morgan fingerprint density at radius 2 is 1.40 bits per heavy atom. The summed E-state index contributed by atoms with van der Waals surface area (Å²) in [6.45, 7) is 10.3. The van der Waals surface area contributed by atoms with Crippen LogP contribution in [0.15, 0.2) is 0 Å². The molecule has 120 valence electrons. The molecule has 0 aromatic carbocycles. The fraction of sp³-hybridized carbons (Fsp3) is 0.929. The summed E-state index contributed by atoms with van der Waals surface area (Å²) in [6.07, 6.45) is 0.474. The van der Waals surface area contributed by atoms with Gasteiger partial charge in [0.25, 0.3) is 0 Å². The summed E-state index contributed by atoms with van der Waals surface area (Å²) in [6, 6.07) is -0.553. The number of hydrogen-bond acceptors (Lipinski definition) is 5. The highest BCUT2D eigenvalue weighted by Crippen LogP contribution is 2.06. The maximum atomic E-state index is 11.4. The van der Waals surface area contributed by atoms with Crippen molar-refractivity contribution < 1.29 is 24.1 Å². The molecular formula is C14H29NO5. The van der Waals surface area contributed by atoms with Crippen molar-refractivity contribution in [2.75, 3.05) is 52.7 Å². The number of carboxylic acids is 1. The molecule has 0 bridgehead atoms. The number of ether oxygens (including phenoxy) is 3. The third kappa shape index (κ3) is 9.25. The number of rotatable bonds is 14. The highest BCUT2D eigenvalue weighted by Gasteiger charge is 2.24. The lowest BCUT2D eigenvalue weighted by atomic mass is 10.2. The summed E-state index contributed by atoms with van der Waals surface area (Å²) in [5, 5.41) is 9.38. The standard InChI is InChI=1S/C14H29NO5/c1-4-18-10-7-13(14(16)17)15(8-11-19-5-2)9-12-20-6-3/h13H,4-12H2,1-3H3,(H,16,17). The van der Waals surface area contributed by atoms with E-state index in [0.717, 1.165) is 0 Å². The van der Waals surface area contributed by atoms with E-state index in [1.807, 2.05) is 25.7 Å². The van der Waals surface area contributed by atoms with Gasteiger partial charge in [-0.3, -0.25) is 9.69 Å². The second kappa shape index (κ2) is 13.3. The van der Waals surface area contributed by atoms with Gasteiger partial charge in [-0.05, 0) is 27.2 Å². The van der Waals surface area contributed by atoms with Crippen molar-refractivity contribution in [3.05, 3.63) is 0 Å². The zero-order valence-corrected chi connectivity index (χ0v) is 13.0. The largest absolute Gasteiger partial charge is 0.480 e. The Kier molecular flexibility index (Phi) is 12.8. The summed E-state index contributed by atoms with van der Waals surface area (Å²) < 4.78 is 15.9. The van der Waals surface area contributed by atoms with Crippen molar-refractivity contribution in [3.8, 4) is 0 Å². The van der Waals surface area contributed by atoms with Crippen LogP contribution in [-0.2, 0) is 19.0 Å². The van der Waals surface area contributed by atoms with Crippen molar-refractivity contribution in [2.45, 2.75) is 33.2 Å². The molecule has 0 aromatic heterocycles. The van der Waals surface area contributed by atoms with Gasteiger partial charge >= 0.3 is 5.97 Å². The summed E-state index contributed by atoms with van der Waals surface area (Å²) in [7, 11) is 0. The van der Waals surface area contributed by atoms with Crippen LogP contribution >= 0.6 is 0 Å². The van der Waals surface area contributed by atoms with E-state index in [9.17, 15) is 9.90 Å². The van der Waals surface area contributed by atoms with Gasteiger partial charge in [-0.1, -0.05) is 0 Å². The normalized spacial score (nSPS) is 12.8. The van der Waals surface area contributed by atoms with Gasteiger partial charge in [-0.25, -0.2) is 0 Å². The predicted octanol–water partition coefficient (Wildman–Crippen LogP) is 1.24. The topological polar surface area (TPSA) is 68.2 Å². The van der Waals surface area contributed by atoms with Crippen LogP contribution in [0.25, 0.3) is 0 Å². The van der Waals surface area contributed by atoms with Gasteiger partial charge in [-0.15, -0.1) is 0 Å². The molecule has 6 heteroatoms. The Morgan fingerprint density at radius 3 is 1.80 bits per heavy atom. The Morgan fingerprint density at radius 1 is 0.950 bits per heavy atom. The maximum absolute atomic E-state index is 11.4. The molecule has 1 N–H and O–H groups in total. The molecule has 0 aliphatic rings. The van der Waals surface area contributed by atoms with Crippen molar-refractivity contribution in [1.29, 1.82) is 0 Å². The molecule has 0 aliphatic carbocycles. The molecule has 0 radical (unpaired) electrons. The molecule has 0 aliphatic heterocycles. The zero-order chi connectivity index (χ0) is 15.2. The van der Waals surface area contributed by atoms with Crippen molar-refractivity contribution in [1.82, 2.24) is 4.90 Å². The van der Waals surface area contributed by atoms with Gasteiger partial charge in [0.05, 0.1) is 13.2 Å². The summed E-state index contributed by atoms with van der Waals surface area (Å²) in [5.41, 5.74) is 0. The molecule has 20 heavy (non-hydrogen) atoms. The van der Waals surface area contributed by atoms with Crippen LogP contribution in [0.1, 0.15) is 27.2 Å². The Hall–Kier alpha value is -0.690. The first-order valence-electron chi connectivity index (χ1n) is 7.37. The number of nitrogens with zero attached hydrogens (tertiary/aromatic N) is 1. The van der Waals surface area contributed by atoms with Crippen LogP contribution < -0.4 is 0 Å². The van der Waals surface area contributed by atoms with Gasteiger partial charge < -0.3 is 19.3 Å². The zero-order valence-electron chi connectivity index (χ0n) is 13.0. The van der Waals surface area contributed by atoms with Gasteiger partial charge in [0.15, 0.2) is 0 Å². The molecule has 6 nitrogen and oxygen atoms in total. The molecule has 1 unspecified atom stereocenters. The Balaban J connectivity index is 4.40. The lowest BCUT2D eigenvalue weighted by molar-refractivity contribution is -0.144. The summed E-state index contributed by atoms with van der Waals surface area (Å²) >= 11 is 0. The van der Waals surface area contributed by atoms with Crippen LogP contribution in [0.5, 0.6) is 0 Å². The van der Waals surface area contributed by atoms with E-state index in [1.165, 1.54) is 0 Å². The van der Waals surface area contributed by atoms with Crippen LogP contribution in [0.3, 0.4) is 0 Å². The summed E-state index contributed by atoms with van der Waals surface area (Å²) in [5.74, 6) is -0.822. The van der Waals surface area contributed by atoms with E-state index in [1.54, 1.807) is 0 Å². The second-order valence-electron chi connectivity index (χ2n) is 4.27. The van der Waals surface area contributed by atoms with E-state index >= 15 is 0 Å². The number of carboxylic acid groups (broad SMARTS) is 1. The number of carbonyl (C=O) groups is 1. The Labute approximate surface area is 122 Å². The van der Waals surface area contributed by atoms with Gasteiger partial charge in [0, 0.05) is 39.5 Å². The van der Waals surface area contributed by atoms with E-state index < -0.39 is 12.0 Å². The van der Waals surface area contributed by atoms with E-state index in [2.05, 4.69) is 0 Å². The fourth-order valence-electron chi connectivity index (χ4n) is 1.88. The third-order valence-corrected chi connectivity index (χ3v) is 2.92. The number of hydrogen-bond donors (Lipinski definition) is 1.